The summed E-state index contributed by atoms with van der Waals surface area (Å²) in [5, 5.41) is 19.4. The van der Waals surface area contributed by atoms with Crippen LogP contribution in [0.2, 0.25) is 0 Å². The van der Waals surface area contributed by atoms with Crippen LogP contribution in [0.4, 0.5) is 0 Å². The Morgan fingerprint density at radius 3 is 2.44 bits per heavy atom. The minimum atomic E-state index is -0.615. The van der Waals surface area contributed by atoms with E-state index in [9.17, 15) is 5.11 Å². The Morgan fingerprint density at radius 1 is 1.28 bits per heavy atom. The van der Waals surface area contributed by atoms with Gasteiger partial charge in [-0.2, -0.15) is 0 Å². The molecule has 18 heavy (non-hydrogen) atoms. The van der Waals surface area contributed by atoms with Crippen LogP contribution in [0.5, 0.6) is 0 Å². The molecular weight excluding hydrogens is 248 g/mol. The fraction of sp³-hybridized carbons (Fsp3) is 0.833. The first-order valence-corrected chi connectivity index (χ1v) is 7.56. The molecule has 5 nitrogen and oxygen atoms in total. The van der Waals surface area contributed by atoms with Crippen LogP contribution in [-0.2, 0) is 13.1 Å². The molecule has 0 spiro atoms. The van der Waals surface area contributed by atoms with Gasteiger partial charge in [-0.15, -0.1) is 10.2 Å². The largest absolute Gasteiger partial charge is 0.389 e. The van der Waals surface area contributed by atoms with Crippen molar-refractivity contribution in [1.82, 2.24) is 14.8 Å². The van der Waals surface area contributed by atoms with E-state index in [1.807, 2.05) is 13.8 Å². The van der Waals surface area contributed by atoms with Crippen molar-refractivity contribution in [2.75, 3.05) is 5.75 Å². The Balaban J connectivity index is 2.75. The van der Waals surface area contributed by atoms with E-state index in [0.717, 1.165) is 36.8 Å². The maximum Gasteiger partial charge on any atom is 0.191 e. The lowest BCUT2D eigenvalue weighted by molar-refractivity contribution is 0.0571. The first-order chi connectivity index (χ1) is 8.60. The van der Waals surface area contributed by atoms with Crippen molar-refractivity contribution in [3.05, 3.63) is 5.82 Å². The SMILES string of the molecule is CCCn1c(CN)nnc1SCC(O)(CC)CC. The first kappa shape index (κ1) is 15.5. The number of nitrogens with two attached hydrogens (primary N) is 1. The van der Waals surface area contributed by atoms with E-state index in [4.69, 9.17) is 5.73 Å². The van der Waals surface area contributed by atoms with Crippen LogP contribution in [-0.4, -0.2) is 31.2 Å². The molecule has 6 heteroatoms. The molecule has 0 atom stereocenters. The number of hydrogen-bond donors (Lipinski definition) is 2. The van der Waals surface area contributed by atoms with Crippen molar-refractivity contribution in [3.63, 3.8) is 0 Å². The van der Waals surface area contributed by atoms with E-state index in [1.54, 1.807) is 11.8 Å². The molecule has 0 aliphatic heterocycles. The van der Waals surface area contributed by atoms with Gasteiger partial charge in [0.2, 0.25) is 0 Å². The van der Waals surface area contributed by atoms with Crippen LogP contribution in [0.15, 0.2) is 5.16 Å². The maximum atomic E-state index is 10.3. The number of nitrogens with zero attached hydrogens (tertiary/aromatic N) is 3. The molecule has 104 valence electrons. The van der Waals surface area contributed by atoms with Gasteiger partial charge < -0.3 is 15.4 Å². The van der Waals surface area contributed by atoms with Gasteiger partial charge in [-0.05, 0) is 19.3 Å². The first-order valence-electron chi connectivity index (χ1n) is 6.57. The third kappa shape index (κ3) is 3.70. The standard InChI is InChI=1S/C12H24N4OS/c1-4-7-16-10(8-13)14-15-11(16)18-9-12(17,5-2)6-3/h17H,4-9,13H2,1-3H3. The summed E-state index contributed by atoms with van der Waals surface area (Å²) in [7, 11) is 0. The molecule has 0 radical (unpaired) electrons. The second-order valence-corrected chi connectivity index (χ2v) is 5.42. The van der Waals surface area contributed by atoms with Gasteiger partial charge in [-0.1, -0.05) is 32.5 Å². The summed E-state index contributed by atoms with van der Waals surface area (Å²) in [4.78, 5) is 0. The molecule has 0 unspecified atom stereocenters. The monoisotopic (exact) mass is 272 g/mol. The molecule has 1 heterocycles. The van der Waals surface area contributed by atoms with E-state index >= 15 is 0 Å². The predicted octanol–water partition coefficient (Wildman–Crippen LogP) is 1.79. The van der Waals surface area contributed by atoms with Crippen molar-refractivity contribution in [3.8, 4) is 0 Å². The quantitative estimate of drug-likeness (QED) is 0.706. The molecule has 0 fully saturated rings. The van der Waals surface area contributed by atoms with Crippen LogP contribution >= 0.6 is 11.8 Å². The highest BCUT2D eigenvalue weighted by molar-refractivity contribution is 7.99. The molecule has 1 aromatic rings. The lowest BCUT2D eigenvalue weighted by atomic mass is 10.0. The Morgan fingerprint density at radius 2 is 1.94 bits per heavy atom. The molecule has 0 aliphatic carbocycles. The zero-order valence-electron chi connectivity index (χ0n) is 11.5. The summed E-state index contributed by atoms with van der Waals surface area (Å²) in [5.41, 5.74) is 5.03. The molecule has 0 saturated heterocycles. The van der Waals surface area contributed by atoms with Gasteiger partial charge in [0, 0.05) is 12.3 Å². The third-order valence-electron chi connectivity index (χ3n) is 3.21. The molecular formula is C12H24N4OS. The summed E-state index contributed by atoms with van der Waals surface area (Å²) in [6.45, 7) is 7.40. The lowest BCUT2D eigenvalue weighted by Crippen LogP contribution is -2.29. The van der Waals surface area contributed by atoms with E-state index in [2.05, 4.69) is 21.7 Å². The predicted molar refractivity (Wildman–Crippen MR) is 74.5 cm³/mol. The third-order valence-corrected chi connectivity index (χ3v) is 4.45. The highest BCUT2D eigenvalue weighted by atomic mass is 32.2. The van der Waals surface area contributed by atoms with Gasteiger partial charge in [0.25, 0.3) is 0 Å². The van der Waals surface area contributed by atoms with Crippen LogP contribution < -0.4 is 5.73 Å². The Bertz CT molecular complexity index is 363. The van der Waals surface area contributed by atoms with E-state index < -0.39 is 5.60 Å². The number of aliphatic hydroxyl groups is 1. The lowest BCUT2D eigenvalue weighted by Gasteiger charge is -2.24. The van der Waals surface area contributed by atoms with Crippen molar-refractivity contribution in [2.45, 2.75) is 63.9 Å². The zero-order chi connectivity index (χ0) is 13.6. The van der Waals surface area contributed by atoms with Gasteiger partial charge in [-0.3, -0.25) is 0 Å². The van der Waals surface area contributed by atoms with Gasteiger partial charge in [-0.25, -0.2) is 0 Å². The summed E-state index contributed by atoms with van der Waals surface area (Å²) in [5.74, 6) is 1.46. The Kier molecular flexibility index (Phi) is 6.11. The van der Waals surface area contributed by atoms with Gasteiger partial charge >= 0.3 is 0 Å². The second kappa shape index (κ2) is 7.11. The van der Waals surface area contributed by atoms with Crippen LogP contribution in [0.25, 0.3) is 0 Å². The zero-order valence-corrected chi connectivity index (χ0v) is 12.3. The molecule has 0 amide bonds. The molecule has 0 saturated carbocycles. The fourth-order valence-corrected chi connectivity index (χ4v) is 2.94. The van der Waals surface area contributed by atoms with Crippen molar-refractivity contribution >= 4 is 11.8 Å². The van der Waals surface area contributed by atoms with Gasteiger partial charge in [0.05, 0.1) is 12.1 Å². The van der Waals surface area contributed by atoms with Crippen molar-refractivity contribution < 1.29 is 5.11 Å². The topological polar surface area (TPSA) is 77.0 Å². The molecule has 3 N–H and O–H groups in total. The van der Waals surface area contributed by atoms with E-state index in [1.165, 1.54) is 0 Å². The molecule has 1 aromatic heterocycles. The normalized spacial score (nSPS) is 12.1. The molecule has 0 aliphatic rings. The maximum absolute atomic E-state index is 10.3. The number of thioether (sulfide) groups is 1. The summed E-state index contributed by atoms with van der Waals surface area (Å²) in [6, 6.07) is 0. The fourth-order valence-electron chi connectivity index (χ4n) is 1.68. The highest BCUT2D eigenvalue weighted by Crippen LogP contribution is 2.26. The smallest absolute Gasteiger partial charge is 0.191 e. The summed E-state index contributed by atoms with van der Waals surface area (Å²) >= 11 is 1.56. The number of rotatable bonds is 8. The van der Waals surface area contributed by atoms with Gasteiger partial charge in [0.15, 0.2) is 5.16 Å². The van der Waals surface area contributed by atoms with Crippen LogP contribution in [0.3, 0.4) is 0 Å². The summed E-state index contributed by atoms with van der Waals surface area (Å²) < 4.78 is 2.05. The Hall–Kier alpha value is -0.590. The highest BCUT2D eigenvalue weighted by Gasteiger charge is 2.24. The average Bonchev–Trinajstić information content (AvgIpc) is 2.79. The van der Waals surface area contributed by atoms with Crippen LogP contribution in [0, 0.1) is 0 Å². The van der Waals surface area contributed by atoms with Gasteiger partial charge in [0.1, 0.15) is 5.82 Å². The Labute approximate surface area is 113 Å². The second-order valence-electron chi connectivity index (χ2n) is 4.47. The molecule has 0 bridgehead atoms. The minimum Gasteiger partial charge on any atom is -0.389 e. The van der Waals surface area contributed by atoms with E-state index in [0.29, 0.717) is 12.3 Å². The number of hydrogen-bond acceptors (Lipinski definition) is 5. The number of aromatic nitrogens is 3. The molecule has 1 rings (SSSR count). The average molecular weight is 272 g/mol. The van der Waals surface area contributed by atoms with Crippen molar-refractivity contribution in [1.29, 1.82) is 0 Å². The molecule has 0 aromatic carbocycles. The minimum absolute atomic E-state index is 0.402. The van der Waals surface area contributed by atoms with Crippen molar-refractivity contribution in [2.24, 2.45) is 5.73 Å². The summed E-state index contributed by atoms with van der Waals surface area (Å²) in [6.07, 6.45) is 2.52. The van der Waals surface area contributed by atoms with E-state index in [-0.39, 0.29) is 0 Å². The van der Waals surface area contributed by atoms with Crippen LogP contribution in [0.1, 0.15) is 45.9 Å².